The Balaban J connectivity index is 2.01. The van der Waals surface area contributed by atoms with Crippen molar-refractivity contribution in [2.24, 2.45) is 7.05 Å². The highest BCUT2D eigenvalue weighted by Crippen LogP contribution is 2.27. The summed E-state index contributed by atoms with van der Waals surface area (Å²) in [7, 11) is 1.81. The number of halogens is 1. The maximum absolute atomic E-state index is 11.9. The molecule has 0 N–H and O–H groups in total. The van der Waals surface area contributed by atoms with Crippen molar-refractivity contribution in [3.63, 3.8) is 0 Å². The minimum Gasteiger partial charge on any atom is -0.456 e. The summed E-state index contributed by atoms with van der Waals surface area (Å²) < 4.78 is 7.42. The number of aryl methyl sites for hydroxylation is 1. The second kappa shape index (κ2) is 5.65. The highest BCUT2D eigenvalue weighted by Gasteiger charge is 2.15. The number of fused-ring (bicyclic) bond motifs is 1. The summed E-state index contributed by atoms with van der Waals surface area (Å²) in [5.74, 6) is 1.30. The third-order valence-corrected chi connectivity index (χ3v) is 3.59. The summed E-state index contributed by atoms with van der Waals surface area (Å²) in [6, 6.07) is 9.18. The van der Waals surface area contributed by atoms with Gasteiger partial charge in [0.15, 0.2) is 5.78 Å². The molecule has 0 aliphatic rings. The average molecular weight is 346 g/mol. The fourth-order valence-electron chi connectivity index (χ4n) is 2.11. The Hall–Kier alpha value is -2.21. The minimum atomic E-state index is -0.0403. The van der Waals surface area contributed by atoms with Gasteiger partial charge in [-0.1, -0.05) is 15.9 Å². The van der Waals surface area contributed by atoms with Gasteiger partial charge in [-0.25, -0.2) is 0 Å². The van der Waals surface area contributed by atoms with E-state index < -0.39 is 0 Å². The number of ether oxygens (including phenoxy) is 1. The topological polar surface area (TPSA) is 57.0 Å². The number of pyridine rings is 1. The van der Waals surface area contributed by atoms with Gasteiger partial charge in [-0.2, -0.15) is 5.10 Å². The molecule has 0 saturated carbocycles. The zero-order valence-electron chi connectivity index (χ0n) is 11.3. The average Bonchev–Trinajstić information content (AvgIpc) is 2.84. The molecular weight excluding hydrogens is 334 g/mol. The molecule has 5 nitrogen and oxygen atoms in total. The molecule has 0 radical (unpaired) electrons. The van der Waals surface area contributed by atoms with Gasteiger partial charge in [-0.3, -0.25) is 14.5 Å². The monoisotopic (exact) mass is 345 g/mol. The molecule has 21 heavy (non-hydrogen) atoms. The van der Waals surface area contributed by atoms with E-state index in [4.69, 9.17) is 4.74 Å². The summed E-state index contributed by atoms with van der Waals surface area (Å²) in [5, 5.41) is 5.35. The third kappa shape index (κ3) is 2.67. The number of carbonyl (C=O) groups excluding carboxylic acids is 1. The number of Topliss-reactive ketones (excluding diaryl/α,β-unsaturated/α-hetero) is 1. The van der Waals surface area contributed by atoms with Gasteiger partial charge in [-0.05, 0) is 24.3 Å². The lowest BCUT2D eigenvalue weighted by molar-refractivity contribution is 0.102. The molecule has 0 atom stereocenters. The highest BCUT2D eigenvalue weighted by atomic mass is 79.9. The van der Waals surface area contributed by atoms with Gasteiger partial charge < -0.3 is 4.74 Å². The normalized spacial score (nSPS) is 10.8. The first-order valence-corrected chi connectivity index (χ1v) is 7.45. The molecule has 1 aromatic carbocycles. The van der Waals surface area contributed by atoms with Crippen molar-refractivity contribution in [2.75, 3.05) is 5.33 Å². The van der Waals surface area contributed by atoms with Crippen LogP contribution >= 0.6 is 15.9 Å². The predicted octanol–water partition coefficient (Wildman–Crippen LogP) is 3.34. The van der Waals surface area contributed by atoms with Crippen LogP contribution in [0.25, 0.3) is 10.9 Å². The molecule has 0 spiro atoms. The standard InChI is InChI=1S/C15H12BrN3O2/c1-19-13-7-10(21-11-3-2-6-17-9-11)4-5-12(13)15(18-19)14(20)8-16/h2-7,9H,8H2,1H3. The quantitative estimate of drug-likeness (QED) is 0.537. The van der Waals surface area contributed by atoms with Crippen LogP contribution in [-0.2, 0) is 7.05 Å². The smallest absolute Gasteiger partial charge is 0.194 e. The van der Waals surface area contributed by atoms with Crippen LogP contribution in [0.5, 0.6) is 11.5 Å². The third-order valence-electron chi connectivity index (χ3n) is 3.08. The Morgan fingerprint density at radius 1 is 1.33 bits per heavy atom. The first-order valence-electron chi connectivity index (χ1n) is 6.33. The summed E-state index contributed by atoms with van der Waals surface area (Å²) in [6.45, 7) is 0. The van der Waals surface area contributed by atoms with E-state index in [0.717, 1.165) is 10.9 Å². The fourth-order valence-corrected chi connectivity index (χ4v) is 2.38. The van der Waals surface area contributed by atoms with Crippen molar-refractivity contribution in [3.05, 3.63) is 48.4 Å². The molecule has 2 aromatic heterocycles. The van der Waals surface area contributed by atoms with Crippen molar-refractivity contribution in [3.8, 4) is 11.5 Å². The molecule has 0 fully saturated rings. The first kappa shape index (κ1) is 13.8. The van der Waals surface area contributed by atoms with Crippen molar-refractivity contribution >= 4 is 32.6 Å². The minimum absolute atomic E-state index is 0.0403. The molecule has 0 bridgehead atoms. The molecule has 6 heteroatoms. The van der Waals surface area contributed by atoms with Crippen LogP contribution in [0.3, 0.4) is 0 Å². The van der Waals surface area contributed by atoms with Crippen LogP contribution in [-0.4, -0.2) is 25.9 Å². The van der Waals surface area contributed by atoms with Crippen molar-refractivity contribution < 1.29 is 9.53 Å². The summed E-state index contributed by atoms with van der Waals surface area (Å²) in [6.07, 6.45) is 3.34. The van der Waals surface area contributed by atoms with E-state index in [2.05, 4.69) is 26.0 Å². The lowest BCUT2D eigenvalue weighted by Crippen LogP contribution is -2.02. The maximum Gasteiger partial charge on any atom is 0.194 e. The Kier molecular flexibility index (Phi) is 3.70. The van der Waals surface area contributed by atoms with E-state index in [0.29, 0.717) is 17.2 Å². The summed E-state index contributed by atoms with van der Waals surface area (Å²) in [4.78, 5) is 15.9. The van der Waals surface area contributed by atoms with E-state index >= 15 is 0 Å². The Labute approximate surface area is 129 Å². The number of hydrogen-bond acceptors (Lipinski definition) is 4. The molecule has 3 aromatic rings. The molecular formula is C15H12BrN3O2. The molecule has 3 rings (SSSR count). The maximum atomic E-state index is 11.9. The van der Waals surface area contributed by atoms with Gasteiger partial charge in [0.1, 0.15) is 17.2 Å². The fraction of sp³-hybridized carbons (Fsp3) is 0.133. The molecule has 0 saturated heterocycles. The van der Waals surface area contributed by atoms with Crippen LogP contribution < -0.4 is 4.74 Å². The molecule has 0 aliphatic carbocycles. The number of ketones is 1. The van der Waals surface area contributed by atoms with E-state index in [1.807, 2.05) is 30.3 Å². The summed E-state index contributed by atoms with van der Waals surface area (Å²) >= 11 is 3.17. The number of carbonyl (C=O) groups is 1. The number of benzene rings is 1. The Morgan fingerprint density at radius 3 is 2.90 bits per heavy atom. The number of nitrogens with zero attached hydrogens (tertiary/aromatic N) is 3. The lowest BCUT2D eigenvalue weighted by Gasteiger charge is -2.05. The van der Waals surface area contributed by atoms with E-state index in [-0.39, 0.29) is 11.1 Å². The molecule has 2 heterocycles. The Morgan fingerprint density at radius 2 is 2.19 bits per heavy atom. The molecule has 106 valence electrons. The Bertz CT molecular complexity index is 799. The van der Waals surface area contributed by atoms with Crippen molar-refractivity contribution in [2.45, 2.75) is 0 Å². The zero-order valence-corrected chi connectivity index (χ0v) is 12.9. The van der Waals surface area contributed by atoms with Gasteiger partial charge in [-0.15, -0.1) is 0 Å². The van der Waals surface area contributed by atoms with E-state index in [1.54, 1.807) is 24.1 Å². The van der Waals surface area contributed by atoms with Crippen molar-refractivity contribution in [1.82, 2.24) is 14.8 Å². The molecule has 0 aliphatic heterocycles. The lowest BCUT2D eigenvalue weighted by atomic mass is 10.1. The van der Waals surface area contributed by atoms with Gasteiger partial charge in [0, 0.05) is 24.7 Å². The highest BCUT2D eigenvalue weighted by molar-refractivity contribution is 9.09. The number of hydrogen-bond donors (Lipinski definition) is 0. The number of aromatic nitrogens is 3. The van der Waals surface area contributed by atoms with E-state index in [9.17, 15) is 4.79 Å². The number of rotatable bonds is 4. The molecule has 0 amide bonds. The predicted molar refractivity (Wildman–Crippen MR) is 83.1 cm³/mol. The van der Waals surface area contributed by atoms with Crippen LogP contribution in [0.15, 0.2) is 42.7 Å². The summed E-state index contributed by atoms with van der Waals surface area (Å²) in [5.41, 5.74) is 1.32. The zero-order chi connectivity index (χ0) is 14.8. The van der Waals surface area contributed by atoms with Crippen LogP contribution in [0.4, 0.5) is 0 Å². The SMILES string of the molecule is Cn1nc(C(=O)CBr)c2ccc(Oc3cccnc3)cc21. The van der Waals surface area contributed by atoms with Crippen LogP contribution in [0, 0.1) is 0 Å². The van der Waals surface area contributed by atoms with Gasteiger partial charge >= 0.3 is 0 Å². The van der Waals surface area contributed by atoms with Crippen LogP contribution in [0.2, 0.25) is 0 Å². The second-order valence-corrected chi connectivity index (χ2v) is 5.06. The van der Waals surface area contributed by atoms with Gasteiger partial charge in [0.05, 0.1) is 17.0 Å². The largest absolute Gasteiger partial charge is 0.456 e. The van der Waals surface area contributed by atoms with Gasteiger partial charge in [0.2, 0.25) is 0 Å². The van der Waals surface area contributed by atoms with Crippen LogP contribution in [0.1, 0.15) is 10.5 Å². The first-order chi connectivity index (χ1) is 10.2. The van der Waals surface area contributed by atoms with Gasteiger partial charge in [0.25, 0.3) is 0 Å². The molecule has 0 unspecified atom stereocenters. The second-order valence-electron chi connectivity index (χ2n) is 4.50. The number of alkyl halides is 1. The van der Waals surface area contributed by atoms with E-state index in [1.165, 1.54) is 0 Å². The van der Waals surface area contributed by atoms with Crippen molar-refractivity contribution in [1.29, 1.82) is 0 Å².